The molecular weight excluding hydrogens is 328 g/mol. The molecule has 0 amide bonds. The van der Waals surface area contributed by atoms with Gasteiger partial charge in [0, 0.05) is 12.1 Å². The second kappa shape index (κ2) is 6.07. The summed E-state index contributed by atoms with van der Waals surface area (Å²) in [4.78, 5) is 14.4. The Morgan fingerprint density at radius 2 is 1.88 bits per heavy atom. The molecule has 0 bridgehead atoms. The van der Waals surface area contributed by atoms with E-state index in [4.69, 9.17) is 14.5 Å². The normalized spacial score (nSPS) is 18.5. The number of aryl methyl sites for hydroxylation is 2. The van der Waals surface area contributed by atoms with Gasteiger partial charge in [0.15, 0.2) is 17.3 Å². The molecule has 0 radical (unpaired) electrons. The van der Waals surface area contributed by atoms with Crippen LogP contribution in [-0.2, 0) is 0 Å². The minimum Gasteiger partial charge on any atom is -0.365 e. The molecule has 136 valence electrons. The minimum atomic E-state index is 0.481. The molecule has 0 spiro atoms. The van der Waals surface area contributed by atoms with Crippen molar-refractivity contribution >= 4 is 17.0 Å². The summed E-state index contributed by atoms with van der Waals surface area (Å²) >= 11 is 0. The number of aromatic nitrogens is 5. The van der Waals surface area contributed by atoms with E-state index in [2.05, 4.69) is 20.0 Å². The summed E-state index contributed by atoms with van der Waals surface area (Å²) in [5.41, 5.74) is 3.51. The lowest BCUT2D eigenvalue weighted by Gasteiger charge is -2.23. The van der Waals surface area contributed by atoms with E-state index >= 15 is 0 Å². The summed E-state index contributed by atoms with van der Waals surface area (Å²) in [6, 6.07) is 0.986. The molecular formula is C19H24N6O. The number of imidazole rings is 1. The molecule has 3 aromatic rings. The second-order valence-electron chi connectivity index (χ2n) is 7.63. The lowest BCUT2D eigenvalue weighted by Crippen LogP contribution is -2.13. The molecule has 3 aromatic heterocycles. The van der Waals surface area contributed by atoms with Crippen molar-refractivity contribution in [1.82, 2.24) is 24.7 Å². The van der Waals surface area contributed by atoms with E-state index in [1.165, 1.54) is 44.9 Å². The molecule has 5 rings (SSSR count). The number of rotatable bonds is 4. The van der Waals surface area contributed by atoms with Crippen molar-refractivity contribution < 1.29 is 4.52 Å². The first-order chi connectivity index (χ1) is 12.7. The maximum absolute atomic E-state index is 5.35. The zero-order valence-corrected chi connectivity index (χ0v) is 15.3. The summed E-state index contributed by atoms with van der Waals surface area (Å²) in [7, 11) is 0. The largest absolute Gasteiger partial charge is 0.365 e. The smallest absolute Gasteiger partial charge is 0.169 e. The third-order valence-electron chi connectivity index (χ3n) is 5.56. The quantitative estimate of drug-likeness (QED) is 0.758. The Morgan fingerprint density at radius 3 is 2.58 bits per heavy atom. The Hall–Kier alpha value is -2.44. The number of hydrogen-bond donors (Lipinski definition) is 1. The fourth-order valence-corrected chi connectivity index (χ4v) is 3.98. The monoisotopic (exact) mass is 352 g/mol. The van der Waals surface area contributed by atoms with Gasteiger partial charge in [0.25, 0.3) is 0 Å². The molecule has 3 heterocycles. The maximum atomic E-state index is 5.35. The van der Waals surface area contributed by atoms with Gasteiger partial charge in [-0.2, -0.15) is 0 Å². The fraction of sp³-hybridized carbons (Fsp3) is 0.579. The van der Waals surface area contributed by atoms with Gasteiger partial charge in [-0.25, -0.2) is 15.0 Å². The predicted molar refractivity (Wildman–Crippen MR) is 99.1 cm³/mol. The van der Waals surface area contributed by atoms with Gasteiger partial charge in [0.2, 0.25) is 0 Å². The van der Waals surface area contributed by atoms with Crippen LogP contribution in [0.2, 0.25) is 0 Å². The molecule has 2 fully saturated rings. The Balaban J connectivity index is 1.67. The SMILES string of the molecule is Cc1noc(C)c1-c1nc(NC2CC2)c2ncn(C3CCCCC3)c2n1. The first-order valence-electron chi connectivity index (χ1n) is 9.65. The van der Waals surface area contributed by atoms with Crippen molar-refractivity contribution in [3.8, 4) is 11.4 Å². The maximum Gasteiger partial charge on any atom is 0.169 e. The summed E-state index contributed by atoms with van der Waals surface area (Å²) in [5.74, 6) is 2.26. The van der Waals surface area contributed by atoms with Gasteiger partial charge in [-0.15, -0.1) is 0 Å². The van der Waals surface area contributed by atoms with E-state index in [0.717, 1.165) is 34.0 Å². The minimum absolute atomic E-state index is 0.481. The zero-order valence-electron chi connectivity index (χ0n) is 15.3. The zero-order chi connectivity index (χ0) is 17.7. The van der Waals surface area contributed by atoms with E-state index < -0.39 is 0 Å². The number of fused-ring (bicyclic) bond motifs is 1. The van der Waals surface area contributed by atoms with Crippen LogP contribution in [0.15, 0.2) is 10.9 Å². The highest BCUT2D eigenvalue weighted by molar-refractivity contribution is 5.85. The molecule has 2 aliphatic rings. The third kappa shape index (κ3) is 2.66. The lowest BCUT2D eigenvalue weighted by atomic mass is 9.95. The van der Waals surface area contributed by atoms with Gasteiger partial charge in [-0.1, -0.05) is 24.4 Å². The van der Waals surface area contributed by atoms with E-state index in [1.54, 1.807) is 0 Å². The summed E-state index contributed by atoms with van der Waals surface area (Å²) < 4.78 is 7.61. The summed E-state index contributed by atoms with van der Waals surface area (Å²) in [5, 5.41) is 7.62. The predicted octanol–water partition coefficient (Wildman–Crippen LogP) is 4.18. The number of hydrogen-bond acceptors (Lipinski definition) is 6. The molecule has 0 aliphatic heterocycles. The molecule has 0 aromatic carbocycles. The topological polar surface area (TPSA) is 81.7 Å². The summed E-state index contributed by atoms with van der Waals surface area (Å²) in [6.45, 7) is 3.85. The highest BCUT2D eigenvalue weighted by atomic mass is 16.5. The Bertz CT molecular complexity index is 929. The number of nitrogens with zero attached hydrogens (tertiary/aromatic N) is 5. The van der Waals surface area contributed by atoms with Crippen molar-refractivity contribution in [2.45, 2.75) is 70.9 Å². The van der Waals surface area contributed by atoms with Crippen LogP contribution in [0.4, 0.5) is 5.82 Å². The van der Waals surface area contributed by atoms with Gasteiger partial charge in [-0.3, -0.25) is 0 Å². The first kappa shape index (κ1) is 15.8. The van der Waals surface area contributed by atoms with Crippen LogP contribution in [0.3, 0.4) is 0 Å². The Kier molecular flexibility index (Phi) is 3.69. The van der Waals surface area contributed by atoms with Gasteiger partial charge in [0.05, 0.1) is 17.6 Å². The van der Waals surface area contributed by atoms with Crippen LogP contribution in [0.5, 0.6) is 0 Å². The third-order valence-corrected chi connectivity index (χ3v) is 5.56. The van der Waals surface area contributed by atoms with Crippen LogP contribution in [0.25, 0.3) is 22.6 Å². The van der Waals surface area contributed by atoms with E-state index in [9.17, 15) is 0 Å². The lowest BCUT2D eigenvalue weighted by molar-refractivity contribution is 0.358. The van der Waals surface area contributed by atoms with Crippen LogP contribution in [0.1, 0.15) is 62.4 Å². The summed E-state index contributed by atoms with van der Waals surface area (Å²) in [6.07, 6.45) is 10.6. The molecule has 0 atom stereocenters. The van der Waals surface area contributed by atoms with Crippen LogP contribution < -0.4 is 5.32 Å². The average Bonchev–Trinajstić information content (AvgIpc) is 3.26. The molecule has 2 aliphatic carbocycles. The van der Waals surface area contributed by atoms with Gasteiger partial charge < -0.3 is 14.4 Å². The molecule has 7 heteroatoms. The number of nitrogens with one attached hydrogen (secondary N) is 1. The molecule has 0 unspecified atom stereocenters. The highest BCUT2D eigenvalue weighted by Crippen LogP contribution is 2.35. The van der Waals surface area contributed by atoms with Crippen LogP contribution in [0, 0.1) is 13.8 Å². The van der Waals surface area contributed by atoms with Gasteiger partial charge >= 0.3 is 0 Å². The van der Waals surface area contributed by atoms with Crippen molar-refractivity contribution in [1.29, 1.82) is 0 Å². The fourth-order valence-electron chi connectivity index (χ4n) is 3.98. The average molecular weight is 352 g/mol. The first-order valence-corrected chi connectivity index (χ1v) is 9.65. The molecule has 2 saturated carbocycles. The van der Waals surface area contributed by atoms with Gasteiger partial charge in [0.1, 0.15) is 11.3 Å². The Morgan fingerprint density at radius 1 is 1.08 bits per heavy atom. The van der Waals surface area contributed by atoms with E-state index in [0.29, 0.717) is 17.9 Å². The van der Waals surface area contributed by atoms with Crippen LogP contribution in [-0.4, -0.2) is 30.7 Å². The van der Waals surface area contributed by atoms with E-state index in [1.807, 2.05) is 20.2 Å². The second-order valence-corrected chi connectivity index (χ2v) is 7.63. The van der Waals surface area contributed by atoms with E-state index in [-0.39, 0.29) is 0 Å². The van der Waals surface area contributed by atoms with Crippen LogP contribution >= 0.6 is 0 Å². The standard InChI is InChI=1S/C19H24N6O/c1-11-15(12(2)26-24-11)17-22-18(21-13-8-9-13)16-19(23-17)25(10-20-16)14-6-4-3-5-7-14/h10,13-14H,3-9H2,1-2H3,(H,21,22,23). The van der Waals surface area contributed by atoms with Crippen molar-refractivity contribution in [3.05, 3.63) is 17.8 Å². The molecule has 0 saturated heterocycles. The van der Waals surface area contributed by atoms with Gasteiger partial charge in [-0.05, 0) is 39.5 Å². The molecule has 7 nitrogen and oxygen atoms in total. The number of anilines is 1. The Labute approximate surface area is 152 Å². The van der Waals surface area contributed by atoms with Crippen molar-refractivity contribution in [2.75, 3.05) is 5.32 Å². The molecule has 26 heavy (non-hydrogen) atoms. The highest BCUT2D eigenvalue weighted by Gasteiger charge is 2.27. The van der Waals surface area contributed by atoms with Crippen molar-refractivity contribution in [2.24, 2.45) is 0 Å². The van der Waals surface area contributed by atoms with Crippen molar-refractivity contribution in [3.63, 3.8) is 0 Å². The molecule has 1 N–H and O–H groups in total.